The summed E-state index contributed by atoms with van der Waals surface area (Å²) in [5, 5.41) is 5.98. The Morgan fingerprint density at radius 2 is 1.72 bits per heavy atom. The molecule has 3 aromatic rings. The predicted molar refractivity (Wildman–Crippen MR) is 139 cm³/mol. The number of carbonyl (C=O) groups is 2. The van der Waals surface area contributed by atoms with E-state index >= 15 is 0 Å². The van der Waals surface area contributed by atoms with E-state index in [0.29, 0.717) is 25.5 Å². The zero-order valence-electron chi connectivity index (χ0n) is 20.3. The van der Waals surface area contributed by atoms with Crippen LogP contribution in [0.3, 0.4) is 0 Å². The van der Waals surface area contributed by atoms with Crippen LogP contribution in [0.1, 0.15) is 48.9 Å². The molecule has 2 aliphatic rings. The SMILES string of the molecule is CC(CCCC(=O)NC(c1ccccc1)c1ccccc1)Oc1ccc2c(c1)CN1CC(=O)NC1=N2. The monoisotopic (exact) mass is 482 g/mol. The van der Waals surface area contributed by atoms with E-state index < -0.39 is 0 Å². The number of rotatable bonds is 9. The maximum atomic E-state index is 12.8. The molecule has 1 fully saturated rings. The average molecular weight is 483 g/mol. The summed E-state index contributed by atoms with van der Waals surface area (Å²) in [6.45, 7) is 2.98. The number of ether oxygens (including phenoxy) is 1. The van der Waals surface area contributed by atoms with Gasteiger partial charge in [0.15, 0.2) is 0 Å². The van der Waals surface area contributed by atoms with E-state index in [0.717, 1.165) is 41.0 Å². The first-order chi connectivity index (χ1) is 17.5. The fourth-order valence-electron chi connectivity index (χ4n) is 4.64. The zero-order valence-corrected chi connectivity index (χ0v) is 20.3. The van der Waals surface area contributed by atoms with Crippen LogP contribution in [0, 0.1) is 0 Å². The molecule has 36 heavy (non-hydrogen) atoms. The lowest BCUT2D eigenvalue weighted by atomic mass is 9.98. The molecule has 0 spiro atoms. The van der Waals surface area contributed by atoms with Crippen LogP contribution in [0.25, 0.3) is 0 Å². The summed E-state index contributed by atoms with van der Waals surface area (Å²) in [4.78, 5) is 30.9. The largest absolute Gasteiger partial charge is 0.491 e. The Morgan fingerprint density at radius 1 is 1.03 bits per heavy atom. The van der Waals surface area contributed by atoms with Crippen molar-refractivity contribution >= 4 is 23.5 Å². The normalized spacial score (nSPS) is 15.0. The summed E-state index contributed by atoms with van der Waals surface area (Å²) in [7, 11) is 0. The van der Waals surface area contributed by atoms with Gasteiger partial charge in [-0.05, 0) is 49.1 Å². The Kier molecular flexibility index (Phi) is 6.98. The number of benzene rings is 3. The van der Waals surface area contributed by atoms with Gasteiger partial charge in [-0.3, -0.25) is 14.9 Å². The van der Waals surface area contributed by atoms with Crippen molar-refractivity contribution in [3.8, 4) is 5.75 Å². The molecule has 0 saturated carbocycles. The minimum Gasteiger partial charge on any atom is -0.491 e. The molecule has 184 valence electrons. The average Bonchev–Trinajstić information content (AvgIpc) is 3.25. The molecule has 0 radical (unpaired) electrons. The van der Waals surface area contributed by atoms with Crippen molar-refractivity contribution in [2.45, 2.75) is 44.9 Å². The molecule has 5 rings (SSSR count). The lowest BCUT2D eigenvalue weighted by Crippen LogP contribution is -2.32. The lowest BCUT2D eigenvalue weighted by molar-refractivity contribution is -0.122. The second-order valence-electron chi connectivity index (χ2n) is 9.27. The second-order valence-corrected chi connectivity index (χ2v) is 9.27. The van der Waals surface area contributed by atoms with Crippen molar-refractivity contribution in [2.75, 3.05) is 6.54 Å². The minimum absolute atomic E-state index is 0.0242. The van der Waals surface area contributed by atoms with Gasteiger partial charge in [0.2, 0.25) is 17.8 Å². The first-order valence-corrected chi connectivity index (χ1v) is 12.4. The van der Waals surface area contributed by atoms with Gasteiger partial charge in [-0.15, -0.1) is 0 Å². The van der Waals surface area contributed by atoms with Gasteiger partial charge >= 0.3 is 0 Å². The molecule has 2 aliphatic heterocycles. The quantitative estimate of drug-likeness (QED) is 0.472. The number of nitrogens with zero attached hydrogens (tertiary/aromatic N) is 2. The smallest absolute Gasteiger partial charge is 0.246 e. The molecule has 2 N–H and O–H groups in total. The van der Waals surface area contributed by atoms with E-state index in [1.807, 2.05) is 90.7 Å². The van der Waals surface area contributed by atoms with Crippen molar-refractivity contribution in [2.24, 2.45) is 4.99 Å². The molecule has 0 aliphatic carbocycles. The van der Waals surface area contributed by atoms with Crippen LogP contribution in [-0.2, 0) is 16.1 Å². The zero-order chi connectivity index (χ0) is 24.9. The van der Waals surface area contributed by atoms with E-state index in [1.165, 1.54) is 0 Å². The highest BCUT2D eigenvalue weighted by atomic mass is 16.5. The van der Waals surface area contributed by atoms with Crippen molar-refractivity contribution in [1.29, 1.82) is 0 Å². The number of guanidine groups is 1. The predicted octanol–water partition coefficient (Wildman–Crippen LogP) is 4.46. The Hall–Kier alpha value is -4.13. The third-order valence-electron chi connectivity index (χ3n) is 6.45. The van der Waals surface area contributed by atoms with Crippen molar-refractivity contribution in [1.82, 2.24) is 15.5 Å². The number of fused-ring (bicyclic) bond motifs is 2. The number of hydrogen-bond acceptors (Lipinski definition) is 5. The minimum atomic E-state index is -0.173. The van der Waals surface area contributed by atoms with Gasteiger partial charge in [0.25, 0.3) is 0 Å². The number of nitrogens with one attached hydrogen (secondary N) is 2. The molecular weight excluding hydrogens is 452 g/mol. The summed E-state index contributed by atoms with van der Waals surface area (Å²) >= 11 is 0. The molecule has 7 heteroatoms. The summed E-state index contributed by atoms with van der Waals surface area (Å²) in [5.74, 6) is 1.39. The standard InChI is InChI=1S/C29H30N4O3/c1-20(36-24-15-16-25-23(17-24)18-33-19-27(35)32-29(33)30-25)9-8-14-26(34)31-28(21-10-4-2-5-11-21)22-12-6-3-7-13-22/h2-7,10-13,15-17,20,28H,8-9,14,18-19H2,1H3,(H,31,34)(H,30,32,35). The number of aliphatic imine (C=N–C) groups is 1. The van der Waals surface area contributed by atoms with Gasteiger partial charge in [0.1, 0.15) is 12.3 Å². The molecule has 2 heterocycles. The van der Waals surface area contributed by atoms with Gasteiger partial charge in [-0.2, -0.15) is 0 Å². The summed E-state index contributed by atoms with van der Waals surface area (Å²) in [6.07, 6.45) is 1.89. The van der Waals surface area contributed by atoms with Gasteiger partial charge in [-0.25, -0.2) is 4.99 Å². The molecule has 7 nitrogen and oxygen atoms in total. The summed E-state index contributed by atoms with van der Waals surface area (Å²) in [5.41, 5.74) is 4.01. The van der Waals surface area contributed by atoms with E-state index in [2.05, 4.69) is 15.6 Å². The van der Waals surface area contributed by atoms with Crippen molar-refractivity contribution in [3.63, 3.8) is 0 Å². The van der Waals surface area contributed by atoms with Gasteiger partial charge < -0.3 is 15.0 Å². The van der Waals surface area contributed by atoms with Crippen LogP contribution in [0.2, 0.25) is 0 Å². The van der Waals surface area contributed by atoms with E-state index in [-0.39, 0.29) is 24.0 Å². The highest BCUT2D eigenvalue weighted by molar-refractivity contribution is 6.05. The lowest BCUT2D eigenvalue weighted by Gasteiger charge is -2.24. The van der Waals surface area contributed by atoms with Gasteiger partial charge in [-0.1, -0.05) is 60.7 Å². The maximum absolute atomic E-state index is 12.8. The van der Waals surface area contributed by atoms with Crippen LogP contribution >= 0.6 is 0 Å². The van der Waals surface area contributed by atoms with Crippen LogP contribution in [0.4, 0.5) is 5.69 Å². The topological polar surface area (TPSA) is 83.0 Å². The van der Waals surface area contributed by atoms with Crippen LogP contribution in [0.15, 0.2) is 83.9 Å². The van der Waals surface area contributed by atoms with Gasteiger partial charge in [0.05, 0.1) is 17.8 Å². The Labute approximate surface area is 211 Å². The number of amides is 2. The third-order valence-corrected chi connectivity index (χ3v) is 6.45. The molecule has 1 unspecified atom stereocenters. The third kappa shape index (κ3) is 5.57. The molecule has 1 saturated heterocycles. The van der Waals surface area contributed by atoms with Crippen molar-refractivity contribution < 1.29 is 14.3 Å². The molecular formula is C29H30N4O3. The highest BCUT2D eigenvalue weighted by Gasteiger charge is 2.29. The van der Waals surface area contributed by atoms with Gasteiger partial charge in [0, 0.05) is 18.5 Å². The fraction of sp³-hybridized carbons (Fsp3) is 0.276. The maximum Gasteiger partial charge on any atom is 0.246 e. The van der Waals surface area contributed by atoms with Crippen LogP contribution in [0.5, 0.6) is 5.75 Å². The molecule has 1 atom stereocenters. The first kappa shape index (κ1) is 23.6. The van der Waals surface area contributed by atoms with E-state index in [4.69, 9.17) is 4.74 Å². The van der Waals surface area contributed by atoms with E-state index in [9.17, 15) is 9.59 Å². The Morgan fingerprint density at radius 3 is 2.42 bits per heavy atom. The van der Waals surface area contributed by atoms with E-state index in [1.54, 1.807) is 0 Å². The Bertz CT molecular complexity index is 1220. The highest BCUT2D eigenvalue weighted by Crippen LogP contribution is 2.31. The Balaban J connectivity index is 1.13. The summed E-state index contributed by atoms with van der Waals surface area (Å²) < 4.78 is 6.13. The molecule has 0 aromatic heterocycles. The first-order valence-electron chi connectivity index (χ1n) is 12.4. The van der Waals surface area contributed by atoms with Crippen LogP contribution < -0.4 is 15.4 Å². The fourth-order valence-corrected chi connectivity index (χ4v) is 4.64. The number of carbonyl (C=O) groups excluding carboxylic acids is 2. The summed E-state index contributed by atoms with van der Waals surface area (Å²) in [6, 6.07) is 25.7. The number of hydrogen-bond donors (Lipinski definition) is 2. The second kappa shape index (κ2) is 10.6. The van der Waals surface area contributed by atoms with Crippen LogP contribution in [-0.4, -0.2) is 35.3 Å². The molecule has 0 bridgehead atoms. The van der Waals surface area contributed by atoms with Crippen molar-refractivity contribution in [3.05, 3.63) is 95.6 Å². The molecule has 2 amide bonds. The molecule has 3 aromatic carbocycles.